The zero-order chi connectivity index (χ0) is 23.9. The Morgan fingerprint density at radius 3 is 2.55 bits per heavy atom. The van der Waals surface area contributed by atoms with Gasteiger partial charge in [0.15, 0.2) is 0 Å². The topological polar surface area (TPSA) is 86.6 Å². The average Bonchev–Trinajstić information content (AvgIpc) is 2.81. The quantitative estimate of drug-likeness (QED) is 0.376. The highest BCUT2D eigenvalue weighted by Gasteiger charge is 2.09. The molecule has 0 fully saturated rings. The molecular formula is C24H30Cl2N4O3. The number of anilines is 1. The van der Waals surface area contributed by atoms with Crippen molar-refractivity contribution in [1.82, 2.24) is 10.2 Å². The summed E-state index contributed by atoms with van der Waals surface area (Å²) in [6.45, 7) is 4.65. The highest BCUT2D eigenvalue weighted by atomic mass is 35.5. The largest absolute Gasteiger partial charge is 0.382 e. The van der Waals surface area contributed by atoms with Gasteiger partial charge < -0.3 is 25.0 Å². The number of hydrogen-bond acceptors (Lipinski definition) is 5. The van der Waals surface area contributed by atoms with Crippen molar-refractivity contribution in [3.8, 4) is 6.07 Å². The third-order valence-electron chi connectivity index (χ3n) is 4.90. The molecule has 0 aliphatic heterocycles. The van der Waals surface area contributed by atoms with Crippen LogP contribution < -0.4 is 10.6 Å². The molecule has 9 heteroatoms. The summed E-state index contributed by atoms with van der Waals surface area (Å²) in [7, 11) is 1.65. The van der Waals surface area contributed by atoms with Crippen molar-refractivity contribution in [2.75, 3.05) is 58.4 Å². The van der Waals surface area contributed by atoms with Crippen LogP contribution in [-0.4, -0.2) is 64.0 Å². The minimum Gasteiger partial charge on any atom is -0.382 e. The monoisotopic (exact) mass is 492 g/mol. The van der Waals surface area contributed by atoms with E-state index in [9.17, 15) is 4.79 Å². The highest BCUT2D eigenvalue weighted by Crippen LogP contribution is 2.21. The Hall–Kier alpha value is -2.34. The first kappa shape index (κ1) is 26.9. The predicted octanol–water partition coefficient (Wildman–Crippen LogP) is 4.58. The summed E-state index contributed by atoms with van der Waals surface area (Å²) in [4.78, 5) is 14.4. The first-order chi connectivity index (χ1) is 16.0. The van der Waals surface area contributed by atoms with Crippen molar-refractivity contribution in [2.24, 2.45) is 0 Å². The Morgan fingerprint density at radius 1 is 1.06 bits per heavy atom. The molecule has 33 heavy (non-hydrogen) atoms. The van der Waals surface area contributed by atoms with E-state index in [4.69, 9.17) is 37.9 Å². The Morgan fingerprint density at radius 2 is 1.85 bits per heavy atom. The van der Waals surface area contributed by atoms with Crippen LogP contribution in [0.25, 0.3) is 0 Å². The molecule has 0 spiro atoms. The van der Waals surface area contributed by atoms with Crippen LogP contribution in [0.1, 0.15) is 17.5 Å². The molecular weight excluding hydrogens is 463 g/mol. The molecule has 178 valence electrons. The molecule has 2 N–H and O–H groups in total. The van der Waals surface area contributed by atoms with Crippen LogP contribution in [0.3, 0.4) is 0 Å². The van der Waals surface area contributed by atoms with E-state index in [1.807, 2.05) is 18.2 Å². The molecule has 0 saturated carbocycles. The summed E-state index contributed by atoms with van der Waals surface area (Å²) >= 11 is 12.3. The van der Waals surface area contributed by atoms with Gasteiger partial charge in [-0.2, -0.15) is 5.26 Å². The van der Waals surface area contributed by atoms with E-state index in [0.717, 1.165) is 38.0 Å². The average molecular weight is 493 g/mol. The van der Waals surface area contributed by atoms with Crippen LogP contribution in [0.15, 0.2) is 42.5 Å². The molecule has 0 aliphatic carbocycles. The van der Waals surface area contributed by atoms with E-state index in [0.29, 0.717) is 47.7 Å². The second kappa shape index (κ2) is 15.5. The second-order valence-corrected chi connectivity index (χ2v) is 8.20. The molecule has 2 aromatic carbocycles. The summed E-state index contributed by atoms with van der Waals surface area (Å²) in [5.41, 5.74) is 2.24. The number of carbonyl (C=O) groups is 1. The van der Waals surface area contributed by atoms with E-state index in [2.05, 4.69) is 15.5 Å². The number of rotatable bonds is 14. The molecule has 2 rings (SSSR count). The van der Waals surface area contributed by atoms with Gasteiger partial charge in [-0.15, -0.1) is 0 Å². The van der Waals surface area contributed by atoms with E-state index >= 15 is 0 Å². The fourth-order valence-electron chi connectivity index (χ4n) is 3.08. The SMILES string of the molecule is COCCOCCN(CCCNC(=O)Nc1ccc(C#N)cc1)CCc1ccc(Cl)cc1Cl. The number of carbonyl (C=O) groups excluding carboxylic acids is 1. The van der Waals surface area contributed by atoms with Crippen LogP contribution in [0.4, 0.5) is 10.5 Å². The van der Waals surface area contributed by atoms with Crippen molar-refractivity contribution >= 4 is 34.9 Å². The first-order valence-electron chi connectivity index (χ1n) is 10.8. The van der Waals surface area contributed by atoms with E-state index in [1.54, 1.807) is 37.4 Å². The van der Waals surface area contributed by atoms with Gasteiger partial charge in [0.05, 0.1) is 31.5 Å². The highest BCUT2D eigenvalue weighted by molar-refractivity contribution is 6.35. The van der Waals surface area contributed by atoms with Crippen LogP contribution in [0.5, 0.6) is 0 Å². The zero-order valence-corrected chi connectivity index (χ0v) is 20.3. The standard InChI is InChI=1S/C24H30Cl2N4O3/c1-32-15-16-33-14-13-30(12-9-20-5-6-21(25)17-23(20)26)11-2-10-28-24(31)29-22-7-3-19(18-27)4-8-22/h3-8,17H,2,9-16H2,1H3,(H2,28,29,31). The van der Waals surface area contributed by atoms with Gasteiger partial charge in [0.2, 0.25) is 0 Å². The number of hydrogen-bond donors (Lipinski definition) is 2. The van der Waals surface area contributed by atoms with Gasteiger partial charge in [0, 0.05) is 42.5 Å². The second-order valence-electron chi connectivity index (χ2n) is 7.36. The minimum atomic E-state index is -0.276. The molecule has 7 nitrogen and oxygen atoms in total. The number of benzene rings is 2. The summed E-state index contributed by atoms with van der Waals surface area (Å²) in [5.74, 6) is 0. The molecule has 0 aromatic heterocycles. The summed E-state index contributed by atoms with van der Waals surface area (Å²) in [5, 5.41) is 15.8. The number of nitrogens with one attached hydrogen (secondary N) is 2. The molecule has 2 amide bonds. The zero-order valence-electron chi connectivity index (χ0n) is 18.8. The van der Waals surface area contributed by atoms with Crippen molar-refractivity contribution in [3.05, 3.63) is 63.6 Å². The van der Waals surface area contributed by atoms with Gasteiger partial charge in [0.1, 0.15) is 0 Å². The van der Waals surface area contributed by atoms with Crippen LogP contribution in [0.2, 0.25) is 10.0 Å². The Kier molecular flexibility index (Phi) is 12.6. The summed E-state index contributed by atoms with van der Waals surface area (Å²) < 4.78 is 10.6. The molecule has 0 saturated heterocycles. The lowest BCUT2D eigenvalue weighted by atomic mass is 10.1. The molecule has 0 bridgehead atoms. The third kappa shape index (κ3) is 10.9. The van der Waals surface area contributed by atoms with Gasteiger partial charge >= 0.3 is 6.03 Å². The molecule has 0 unspecified atom stereocenters. The van der Waals surface area contributed by atoms with Crippen molar-refractivity contribution in [1.29, 1.82) is 5.26 Å². The van der Waals surface area contributed by atoms with Crippen molar-refractivity contribution < 1.29 is 14.3 Å². The predicted molar refractivity (Wildman–Crippen MR) is 132 cm³/mol. The number of amides is 2. The van der Waals surface area contributed by atoms with Crippen LogP contribution in [0, 0.1) is 11.3 Å². The number of nitriles is 1. The van der Waals surface area contributed by atoms with E-state index in [-0.39, 0.29) is 6.03 Å². The molecule has 0 heterocycles. The number of methoxy groups -OCH3 is 1. The van der Waals surface area contributed by atoms with Crippen molar-refractivity contribution in [2.45, 2.75) is 12.8 Å². The van der Waals surface area contributed by atoms with Gasteiger partial charge in [0.25, 0.3) is 0 Å². The van der Waals surface area contributed by atoms with E-state index < -0.39 is 0 Å². The number of halogens is 2. The molecule has 2 aromatic rings. The van der Waals surface area contributed by atoms with Gasteiger partial charge in [-0.05, 0) is 61.3 Å². The van der Waals surface area contributed by atoms with Gasteiger partial charge in [-0.25, -0.2) is 4.79 Å². The number of ether oxygens (including phenoxy) is 2. The fraction of sp³-hybridized carbons (Fsp3) is 0.417. The maximum absolute atomic E-state index is 12.1. The fourth-order valence-corrected chi connectivity index (χ4v) is 3.59. The number of urea groups is 1. The lowest BCUT2D eigenvalue weighted by Gasteiger charge is -2.23. The van der Waals surface area contributed by atoms with Gasteiger partial charge in [-0.3, -0.25) is 0 Å². The number of nitrogens with zero attached hydrogens (tertiary/aromatic N) is 2. The summed E-state index contributed by atoms with van der Waals surface area (Å²) in [6.07, 6.45) is 1.58. The summed E-state index contributed by atoms with van der Waals surface area (Å²) in [6, 6.07) is 14.0. The Labute approximate surface area is 205 Å². The lowest BCUT2D eigenvalue weighted by molar-refractivity contribution is 0.0571. The lowest BCUT2D eigenvalue weighted by Crippen LogP contribution is -2.35. The minimum absolute atomic E-state index is 0.276. The Bertz CT molecular complexity index is 904. The molecule has 0 aliphatic rings. The molecule has 0 atom stereocenters. The third-order valence-corrected chi connectivity index (χ3v) is 5.49. The van der Waals surface area contributed by atoms with Gasteiger partial charge in [-0.1, -0.05) is 29.3 Å². The van der Waals surface area contributed by atoms with Crippen LogP contribution in [-0.2, 0) is 15.9 Å². The first-order valence-corrected chi connectivity index (χ1v) is 11.6. The van der Waals surface area contributed by atoms with E-state index in [1.165, 1.54) is 0 Å². The van der Waals surface area contributed by atoms with Crippen molar-refractivity contribution in [3.63, 3.8) is 0 Å². The molecule has 0 radical (unpaired) electrons. The smallest absolute Gasteiger partial charge is 0.319 e. The van der Waals surface area contributed by atoms with Crippen LogP contribution >= 0.6 is 23.2 Å². The normalized spacial score (nSPS) is 10.8. The maximum Gasteiger partial charge on any atom is 0.319 e. The maximum atomic E-state index is 12.1. The Balaban J connectivity index is 1.76.